The van der Waals surface area contributed by atoms with Crippen molar-refractivity contribution >= 4 is 23.2 Å². The van der Waals surface area contributed by atoms with Gasteiger partial charge in [-0.3, -0.25) is 4.79 Å². The van der Waals surface area contributed by atoms with Gasteiger partial charge in [0.05, 0.1) is 0 Å². The molecule has 2 aromatic carbocycles. The molecule has 1 unspecified atom stereocenters. The molecule has 1 heterocycles. The Morgan fingerprint density at radius 1 is 1.20 bits per heavy atom. The normalized spacial score (nSPS) is 18.0. The smallest absolute Gasteiger partial charge is 0.227 e. The van der Waals surface area contributed by atoms with Crippen LogP contribution in [0.25, 0.3) is 0 Å². The summed E-state index contributed by atoms with van der Waals surface area (Å²) in [4.78, 5) is 13.9. The van der Waals surface area contributed by atoms with Crippen molar-refractivity contribution in [1.29, 1.82) is 0 Å². The van der Waals surface area contributed by atoms with E-state index in [1.165, 1.54) is 11.1 Å². The fraction of sp³-hybridized carbons (Fsp3) is 0.235. The molecule has 1 aliphatic rings. The number of carbonyl (C=O) groups is 1. The molecule has 1 atom stereocenters. The predicted molar refractivity (Wildman–Crippen MR) is 82.4 cm³/mol. The molecule has 0 saturated carbocycles. The van der Waals surface area contributed by atoms with E-state index in [0.717, 1.165) is 17.1 Å². The summed E-state index contributed by atoms with van der Waals surface area (Å²) in [6.45, 7) is 0. The van der Waals surface area contributed by atoms with Gasteiger partial charge in [0.1, 0.15) is 0 Å². The zero-order valence-corrected chi connectivity index (χ0v) is 12.1. The molecule has 20 heavy (non-hydrogen) atoms. The SMILES string of the molecule is CN1C(=O)CC(Cc2cccc(Cl)c2)c2ccccc21. The zero-order valence-electron chi connectivity index (χ0n) is 11.3. The number of nitrogens with zero attached hydrogens (tertiary/aromatic N) is 1. The first-order valence-electron chi connectivity index (χ1n) is 6.75. The lowest BCUT2D eigenvalue weighted by atomic mass is 9.85. The van der Waals surface area contributed by atoms with Crippen LogP contribution >= 0.6 is 11.6 Å². The summed E-state index contributed by atoms with van der Waals surface area (Å²) in [5.74, 6) is 0.407. The van der Waals surface area contributed by atoms with Crippen molar-refractivity contribution in [1.82, 2.24) is 0 Å². The third-order valence-corrected chi connectivity index (χ3v) is 4.14. The molecule has 0 spiro atoms. The minimum atomic E-state index is 0.177. The van der Waals surface area contributed by atoms with E-state index in [2.05, 4.69) is 12.1 Å². The van der Waals surface area contributed by atoms with Crippen LogP contribution in [0.2, 0.25) is 5.02 Å². The number of benzene rings is 2. The number of rotatable bonds is 2. The molecule has 2 nitrogen and oxygen atoms in total. The summed E-state index contributed by atoms with van der Waals surface area (Å²) in [5.41, 5.74) is 3.44. The molecule has 102 valence electrons. The molecule has 0 radical (unpaired) electrons. The summed E-state index contributed by atoms with van der Waals surface area (Å²) >= 11 is 6.04. The number of halogens is 1. The Morgan fingerprint density at radius 2 is 2.00 bits per heavy atom. The Balaban J connectivity index is 1.94. The van der Waals surface area contributed by atoms with E-state index in [9.17, 15) is 4.79 Å². The molecule has 3 heteroatoms. The first-order valence-corrected chi connectivity index (χ1v) is 7.13. The highest BCUT2D eigenvalue weighted by Gasteiger charge is 2.28. The minimum absolute atomic E-state index is 0.177. The van der Waals surface area contributed by atoms with Gasteiger partial charge in [0.2, 0.25) is 5.91 Å². The van der Waals surface area contributed by atoms with E-state index < -0.39 is 0 Å². The van der Waals surface area contributed by atoms with E-state index in [0.29, 0.717) is 6.42 Å². The van der Waals surface area contributed by atoms with Crippen molar-refractivity contribution in [3.8, 4) is 0 Å². The molecule has 0 saturated heterocycles. The molecular formula is C17H16ClNO. The van der Waals surface area contributed by atoms with Crippen molar-refractivity contribution in [3.05, 3.63) is 64.7 Å². The lowest BCUT2D eigenvalue weighted by Crippen LogP contribution is -2.33. The Hall–Kier alpha value is -1.80. The van der Waals surface area contributed by atoms with E-state index in [1.54, 1.807) is 4.90 Å². The van der Waals surface area contributed by atoms with Crippen LogP contribution in [0.15, 0.2) is 48.5 Å². The van der Waals surface area contributed by atoms with E-state index in [4.69, 9.17) is 11.6 Å². The summed E-state index contributed by atoms with van der Waals surface area (Å²) in [6, 6.07) is 16.0. The van der Waals surface area contributed by atoms with Gasteiger partial charge in [-0.15, -0.1) is 0 Å². The van der Waals surface area contributed by atoms with Crippen LogP contribution in [0.3, 0.4) is 0 Å². The topological polar surface area (TPSA) is 20.3 Å². The quantitative estimate of drug-likeness (QED) is 0.816. The third kappa shape index (κ3) is 2.44. The zero-order chi connectivity index (χ0) is 14.1. The lowest BCUT2D eigenvalue weighted by molar-refractivity contribution is -0.119. The predicted octanol–water partition coefficient (Wildman–Crippen LogP) is 4.03. The lowest BCUT2D eigenvalue weighted by Gasteiger charge is -2.31. The van der Waals surface area contributed by atoms with Crippen LogP contribution in [-0.4, -0.2) is 13.0 Å². The van der Waals surface area contributed by atoms with Gasteiger partial charge in [0, 0.05) is 24.2 Å². The number of fused-ring (bicyclic) bond motifs is 1. The van der Waals surface area contributed by atoms with E-state index >= 15 is 0 Å². The van der Waals surface area contributed by atoms with Crippen molar-refractivity contribution < 1.29 is 4.79 Å². The van der Waals surface area contributed by atoms with Gasteiger partial charge in [-0.1, -0.05) is 41.9 Å². The molecule has 2 aromatic rings. The van der Waals surface area contributed by atoms with Gasteiger partial charge in [-0.2, -0.15) is 0 Å². The first-order chi connectivity index (χ1) is 9.65. The van der Waals surface area contributed by atoms with Crippen LogP contribution in [0.5, 0.6) is 0 Å². The second kappa shape index (κ2) is 5.29. The van der Waals surface area contributed by atoms with E-state index in [-0.39, 0.29) is 11.8 Å². The van der Waals surface area contributed by atoms with Gasteiger partial charge in [-0.05, 0) is 41.7 Å². The van der Waals surface area contributed by atoms with Crippen LogP contribution in [0, 0.1) is 0 Å². The highest BCUT2D eigenvalue weighted by atomic mass is 35.5. The summed E-state index contributed by atoms with van der Waals surface area (Å²) in [6.07, 6.45) is 1.40. The maximum atomic E-state index is 12.1. The fourth-order valence-corrected chi connectivity index (χ4v) is 3.07. The van der Waals surface area contributed by atoms with Gasteiger partial charge in [-0.25, -0.2) is 0 Å². The van der Waals surface area contributed by atoms with Crippen molar-refractivity contribution in [2.75, 3.05) is 11.9 Å². The number of amides is 1. The Morgan fingerprint density at radius 3 is 2.80 bits per heavy atom. The van der Waals surface area contributed by atoms with Gasteiger partial charge < -0.3 is 4.90 Å². The number of anilines is 1. The molecule has 1 amide bonds. The second-order valence-electron chi connectivity index (χ2n) is 5.25. The molecule has 1 aliphatic heterocycles. The van der Waals surface area contributed by atoms with Crippen LogP contribution in [0.4, 0.5) is 5.69 Å². The number of para-hydroxylation sites is 1. The van der Waals surface area contributed by atoms with Crippen LogP contribution < -0.4 is 4.90 Å². The third-order valence-electron chi connectivity index (χ3n) is 3.90. The van der Waals surface area contributed by atoms with Crippen molar-refractivity contribution in [2.45, 2.75) is 18.8 Å². The maximum Gasteiger partial charge on any atom is 0.227 e. The molecule has 0 N–H and O–H groups in total. The Bertz CT molecular complexity index is 653. The summed E-state index contributed by atoms with van der Waals surface area (Å²) in [5, 5.41) is 0.745. The molecule has 0 bridgehead atoms. The maximum absolute atomic E-state index is 12.1. The minimum Gasteiger partial charge on any atom is -0.315 e. The fourth-order valence-electron chi connectivity index (χ4n) is 2.86. The highest BCUT2D eigenvalue weighted by molar-refractivity contribution is 6.30. The van der Waals surface area contributed by atoms with Crippen LogP contribution in [-0.2, 0) is 11.2 Å². The Labute approximate surface area is 124 Å². The molecule has 0 fully saturated rings. The molecule has 0 aromatic heterocycles. The average Bonchev–Trinajstić information content (AvgIpc) is 2.45. The van der Waals surface area contributed by atoms with Crippen LogP contribution in [0.1, 0.15) is 23.5 Å². The number of carbonyl (C=O) groups excluding carboxylic acids is 1. The van der Waals surface area contributed by atoms with Gasteiger partial charge in [0.25, 0.3) is 0 Å². The molecular weight excluding hydrogens is 270 g/mol. The average molecular weight is 286 g/mol. The monoisotopic (exact) mass is 285 g/mol. The largest absolute Gasteiger partial charge is 0.315 e. The number of hydrogen-bond donors (Lipinski definition) is 0. The second-order valence-corrected chi connectivity index (χ2v) is 5.68. The summed E-state index contributed by atoms with van der Waals surface area (Å²) < 4.78 is 0. The van der Waals surface area contributed by atoms with Crippen molar-refractivity contribution in [3.63, 3.8) is 0 Å². The Kier molecular flexibility index (Phi) is 3.49. The number of hydrogen-bond acceptors (Lipinski definition) is 1. The van der Waals surface area contributed by atoms with E-state index in [1.807, 2.05) is 43.4 Å². The standard InChI is InChI=1S/C17H16ClNO/c1-19-16-8-3-2-7-15(16)13(11-17(19)20)9-12-5-4-6-14(18)10-12/h2-8,10,13H,9,11H2,1H3. The summed E-state index contributed by atoms with van der Waals surface area (Å²) in [7, 11) is 1.84. The van der Waals surface area contributed by atoms with Gasteiger partial charge in [0.15, 0.2) is 0 Å². The first kappa shape index (κ1) is 13.2. The molecule has 3 rings (SSSR count). The molecule has 0 aliphatic carbocycles. The van der Waals surface area contributed by atoms with Gasteiger partial charge >= 0.3 is 0 Å². The highest BCUT2D eigenvalue weighted by Crippen LogP contribution is 2.37. The van der Waals surface area contributed by atoms with Crippen molar-refractivity contribution in [2.24, 2.45) is 0 Å².